The molecular formula is C27H24N6O2S. The Kier molecular flexibility index (Phi) is 6.06. The van der Waals surface area contributed by atoms with Crippen molar-refractivity contribution in [3.05, 3.63) is 91.0 Å². The summed E-state index contributed by atoms with van der Waals surface area (Å²) in [6.07, 6.45) is 5.43. The largest absolute Gasteiger partial charge is 0.378 e. The Labute approximate surface area is 212 Å². The van der Waals surface area contributed by atoms with E-state index in [0.717, 1.165) is 64.4 Å². The van der Waals surface area contributed by atoms with Crippen LogP contribution in [0.15, 0.2) is 85.5 Å². The number of hydrogen-bond acceptors (Lipinski definition) is 7. The zero-order valence-corrected chi connectivity index (χ0v) is 20.2. The van der Waals surface area contributed by atoms with Gasteiger partial charge in [0.25, 0.3) is 5.91 Å². The van der Waals surface area contributed by atoms with E-state index in [2.05, 4.69) is 25.5 Å². The van der Waals surface area contributed by atoms with E-state index in [1.807, 2.05) is 77.5 Å². The van der Waals surface area contributed by atoms with Crippen molar-refractivity contribution in [3.63, 3.8) is 0 Å². The minimum absolute atomic E-state index is 0.144. The van der Waals surface area contributed by atoms with Crippen LogP contribution in [0.4, 0.5) is 22.2 Å². The van der Waals surface area contributed by atoms with E-state index in [9.17, 15) is 4.79 Å². The first-order chi connectivity index (χ1) is 17.7. The van der Waals surface area contributed by atoms with Crippen LogP contribution in [0.2, 0.25) is 0 Å². The Morgan fingerprint density at radius 1 is 0.917 bits per heavy atom. The minimum Gasteiger partial charge on any atom is -0.378 e. The average Bonchev–Trinajstić information content (AvgIpc) is 3.60. The smallest absolute Gasteiger partial charge is 0.255 e. The van der Waals surface area contributed by atoms with E-state index in [-0.39, 0.29) is 5.91 Å². The maximum absolute atomic E-state index is 12.9. The molecule has 0 spiro atoms. The van der Waals surface area contributed by atoms with Gasteiger partial charge in [-0.25, -0.2) is 9.97 Å². The molecule has 36 heavy (non-hydrogen) atoms. The highest BCUT2D eigenvalue weighted by atomic mass is 32.1. The summed E-state index contributed by atoms with van der Waals surface area (Å²) in [4.78, 5) is 23.9. The molecular weight excluding hydrogens is 472 g/mol. The molecule has 1 aliphatic heterocycles. The Balaban J connectivity index is 1.12. The highest BCUT2D eigenvalue weighted by Gasteiger charge is 2.13. The van der Waals surface area contributed by atoms with E-state index in [0.29, 0.717) is 5.56 Å². The van der Waals surface area contributed by atoms with E-state index in [4.69, 9.17) is 4.74 Å². The molecule has 1 amide bonds. The molecule has 5 aromatic rings. The number of imidazole rings is 1. The number of morpholine rings is 1. The fourth-order valence-corrected chi connectivity index (χ4v) is 5.08. The molecule has 0 aliphatic carbocycles. The molecule has 1 saturated heterocycles. The molecule has 2 N–H and O–H groups in total. The van der Waals surface area contributed by atoms with Crippen molar-refractivity contribution in [3.8, 4) is 5.69 Å². The Morgan fingerprint density at radius 2 is 1.67 bits per heavy atom. The summed E-state index contributed by atoms with van der Waals surface area (Å²) < 4.78 is 8.31. The third kappa shape index (κ3) is 4.79. The zero-order chi connectivity index (χ0) is 24.3. The first-order valence-electron chi connectivity index (χ1n) is 11.7. The highest BCUT2D eigenvalue weighted by Crippen LogP contribution is 2.30. The molecule has 1 fully saturated rings. The molecule has 6 rings (SSSR count). The second-order valence-electron chi connectivity index (χ2n) is 8.44. The number of thiazole rings is 1. The van der Waals surface area contributed by atoms with Gasteiger partial charge in [0, 0.05) is 53.8 Å². The van der Waals surface area contributed by atoms with Crippen LogP contribution in [0.25, 0.3) is 15.9 Å². The molecule has 0 radical (unpaired) electrons. The summed E-state index contributed by atoms with van der Waals surface area (Å²) in [7, 11) is 0. The fourth-order valence-electron chi connectivity index (χ4n) is 4.15. The quantitative estimate of drug-likeness (QED) is 0.331. The average molecular weight is 497 g/mol. The number of ether oxygens (including phenoxy) is 1. The maximum atomic E-state index is 12.9. The van der Waals surface area contributed by atoms with Gasteiger partial charge < -0.3 is 24.8 Å². The standard InChI is InChI=1S/C27H24N6O2S/c34-26(29-20-2-6-22(7-3-20)32-13-15-35-16-14-32)19-1-10-24-25(17-19)36-27(31-24)30-21-4-8-23(9-5-21)33-12-11-28-18-33/h1-12,17-18H,13-16H2,(H,29,34)(H,30,31). The van der Waals surface area contributed by atoms with Crippen LogP contribution >= 0.6 is 11.3 Å². The highest BCUT2D eigenvalue weighted by molar-refractivity contribution is 7.22. The molecule has 0 atom stereocenters. The molecule has 1 aliphatic rings. The van der Waals surface area contributed by atoms with Crippen LogP contribution < -0.4 is 15.5 Å². The van der Waals surface area contributed by atoms with Gasteiger partial charge in [-0.05, 0) is 66.7 Å². The lowest BCUT2D eigenvalue weighted by Gasteiger charge is -2.28. The monoisotopic (exact) mass is 496 g/mol. The molecule has 180 valence electrons. The lowest BCUT2D eigenvalue weighted by atomic mass is 10.2. The number of hydrogen-bond donors (Lipinski definition) is 2. The molecule has 0 bridgehead atoms. The van der Waals surface area contributed by atoms with Gasteiger partial charge in [0.05, 0.1) is 29.8 Å². The van der Waals surface area contributed by atoms with Crippen molar-refractivity contribution in [2.75, 3.05) is 41.8 Å². The van der Waals surface area contributed by atoms with Crippen LogP contribution in [-0.4, -0.2) is 46.7 Å². The fraction of sp³-hybridized carbons (Fsp3) is 0.148. The number of benzene rings is 3. The van der Waals surface area contributed by atoms with Crippen molar-refractivity contribution in [2.45, 2.75) is 0 Å². The third-order valence-electron chi connectivity index (χ3n) is 6.07. The van der Waals surface area contributed by atoms with Crippen LogP contribution in [0.3, 0.4) is 0 Å². The predicted octanol–water partition coefficient (Wildman–Crippen LogP) is 5.31. The summed E-state index contributed by atoms with van der Waals surface area (Å²) in [5.74, 6) is -0.144. The Morgan fingerprint density at radius 3 is 2.42 bits per heavy atom. The van der Waals surface area contributed by atoms with E-state index >= 15 is 0 Å². The van der Waals surface area contributed by atoms with E-state index < -0.39 is 0 Å². The maximum Gasteiger partial charge on any atom is 0.255 e. The number of rotatable bonds is 6. The van der Waals surface area contributed by atoms with Crippen molar-refractivity contribution in [1.29, 1.82) is 0 Å². The third-order valence-corrected chi connectivity index (χ3v) is 7.01. The van der Waals surface area contributed by atoms with Gasteiger partial charge in [0.1, 0.15) is 0 Å². The van der Waals surface area contributed by atoms with E-state index in [1.165, 1.54) is 11.3 Å². The number of amides is 1. The number of carbonyl (C=O) groups is 1. The predicted molar refractivity (Wildman–Crippen MR) is 144 cm³/mol. The summed E-state index contributed by atoms with van der Waals surface area (Å²) in [5.41, 5.74) is 5.33. The van der Waals surface area contributed by atoms with Crippen molar-refractivity contribution in [2.24, 2.45) is 0 Å². The molecule has 9 heteroatoms. The summed E-state index contributed by atoms with van der Waals surface area (Å²) in [5, 5.41) is 7.13. The number of nitrogens with one attached hydrogen (secondary N) is 2. The van der Waals surface area contributed by atoms with Crippen molar-refractivity contribution < 1.29 is 9.53 Å². The Hall–Kier alpha value is -4.21. The van der Waals surface area contributed by atoms with Gasteiger partial charge in [-0.3, -0.25) is 4.79 Å². The van der Waals surface area contributed by atoms with Crippen LogP contribution in [0.1, 0.15) is 10.4 Å². The number of carbonyl (C=O) groups excluding carboxylic acids is 1. The van der Waals surface area contributed by atoms with Crippen molar-refractivity contribution in [1.82, 2.24) is 14.5 Å². The zero-order valence-electron chi connectivity index (χ0n) is 19.4. The number of aromatic nitrogens is 3. The van der Waals surface area contributed by atoms with Gasteiger partial charge in [0.2, 0.25) is 0 Å². The molecule has 3 heterocycles. The van der Waals surface area contributed by atoms with Gasteiger partial charge in [0.15, 0.2) is 5.13 Å². The summed E-state index contributed by atoms with van der Waals surface area (Å²) in [6, 6.07) is 21.6. The van der Waals surface area contributed by atoms with Gasteiger partial charge in [-0.15, -0.1) is 0 Å². The van der Waals surface area contributed by atoms with Gasteiger partial charge in [-0.2, -0.15) is 0 Å². The number of nitrogens with zero attached hydrogens (tertiary/aromatic N) is 4. The molecule has 0 saturated carbocycles. The van der Waals surface area contributed by atoms with Crippen molar-refractivity contribution >= 4 is 49.7 Å². The topological polar surface area (TPSA) is 84.3 Å². The summed E-state index contributed by atoms with van der Waals surface area (Å²) in [6.45, 7) is 3.26. The molecule has 8 nitrogen and oxygen atoms in total. The first kappa shape index (κ1) is 22.3. The first-order valence-corrected chi connectivity index (χ1v) is 12.5. The molecule has 3 aromatic carbocycles. The SMILES string of the molecule is O=C(Nc1ccc(N2CCOCC2)cc1)c1ccc2nc(Nc3ccc(-n4ccnc4)cc3)sc2c1. The Bertz CT molecular complexity index is 1470. The second-order valence-corrected chi connectivity index (χ2v) is 9.47. The van der Waals surface area contributed by atoms with Crippen LogP contribution in [-0.2, 0) is 4.74 Å². The van der Waals surface area contributed by atoms with Crippen LogP contribution in [0.5, 0.6) is 0 Å². The lowest BCUT2D eigenvalue weighted by molar-refractivity contribution is 0.102. The second kappa shape index (κ2) is 9.80. The molecule has 0 unspecified atom stereocenters. The van der Waals surface area contributed by atoms with Gasteiger partial charge in [-0.1, -0.05) is 11.3 Å². The van der Waals surface area contributed by atoms with Gasteiger partial charge >= 0.3 is 0 Å². The minimum atomic E-state index is -0.144. The summed E-state index contributed by atoms with van der Waals surface area (Å²) >= 11 is 1.52. The van der Waals surface area contributed by atoms with Crippen LogP contribution in [0, 0.1) is 0 Å². The normalized spacial score (nSPS) is 13.6. The van der Waals surface area contributed by atoms with E-state index in [1.54, 1.807) is 12.5 Å². The number of fused-ring (bicyclic) bond motifs is 1. The number of anilines is 4. The lowest BCUT2D eigenvalue weighted by Crippen LogP contribution is -2.36. The molecule has 2 aromatic heterocycles.